The van der Waals surface area contributed by atoms with Gasteiger partial charge in [-0.3, -0.25) is 9.69 Å². The number of halogens is 1. The molecule has 1 aliphatic rings. The van der Waals surface area contributed by atoms with Crippen LogP contribution >= 0.6 is 0 Å². The summed E-state index contributed by atoms with van der Waals surface area (Å²) in [5.74, 6) is 0.661. The van der Waals surface area contributed by atoms with Crippen molar-refractivity contribution < 1.29 is 28.1 Å². The van der Waals surface area contributed by atoms with Gasteiger partial charge in [0.25, 0.3) is 5.91 Å². The van der Waals surface area contributed by atoms with Crippen LogP contribution in [0.25, 0.3) is 0 Å². The van der Waals surface area contributed by atoms with Gasteiger partial charge in [0.15, 0.2) is 11.5 Å². The van der Waals surface area contributed by atoms with Crippen LogP contribution in [0.3, 0.4) is 0 Å². The maximum Gasteiger partial charge on any atom is 0.251 e. The summed E-state index contributed by atoms with van der Waals surface area (Å²) in [4.78, 5) is 15.4. The van der Waals surface area contributed by atoms with E-state index in [2.05, 4.69) is 10.2 Å². The van der Waals surface area contributed by atoms with Crippen LogP contribution < -0.4 is 19.5 Å². The Labute approximate surface area is 210 Å². The molecule has 3 aromatic rings. The lowest BCUT2D eigenvalue weighted by atomic mass is 10.0. The average Bonchev–Trinajstić information content (AvgIpc) is 2.93. The number of hydrogen-bond acceptors (Lipinski definition) is 6. The fourth-order valence-corrected chi connectivity index (χ4v) is 4.21. The number of amides is 1. The second-order valence-electron chi connectivity index (χ2n) is 8.41. The molecule has 7 nitrogen and oxygen atoms in total. The normalized spacial score (nSPS) is 14.6. The minimum absolute atomic E-state index is 0.115. The van der Waals surface area contributed by atoms with Gasteiger partial charge < -0.3 is 24.3 Å². The molecule has 0 aromatic heterocycles. The van der Waals surface area contributed by atoms with Crippen LogP contribution in [0.2, 0.25) is 0 Å². The van der Waals surface area contributed by atoms with Crippen molar-refractivity contribution in [1.82, 2.24) is 10.2 Å². The molecule has 1 aliphatic heterocycles. The third kappa shape index (κ3) is 6.33. The van der Waals surface area contributed by atoms with Crippen molar-refractivity contribution in [2.24, 2.45) is 0 Å². The number of morpholine rings is 1. The molecule has 1 fully saturated rings. The molecule has 1 saturated heterocycles. The van der Waals surface area contributed by atoms with Gasteiger partial charge in [0.1, 0.15) is 12.4 Å². The molecule has 0 bridgehead atoms. The fraction of sp³-hybridized carbons (Fsp3) is 0.321. The Morgan fingerprint density at radius 2 is 1.64 bits per heavy atom. The number of nitrogens with one attached hydrogen (secondary N) is 1. The van der Waals surface area contributed by atoms with Crippen molar-refractivity contribution in [1.29, 1.82) is 0 Å². The summed E-state index contributed by atoms with van der Waals surface area (Å²) in [6.45, 7) is 3.37. The van der Waals surface area contributed by atoms with Crippen molar-refractivity contribution in [3.8, 4) is 17.2 Å². The average molecular weight is 495 g/mol. The van der Waals surface area contributed by atoms with E-state index < -0.39 is 0 Å². The molecule has 1 N–H and O–H groups in total. The van der Waals surface area contributed by atoms with Crippen molar-refractivity contribution >= 4 is 5.91 Å². The van der Waals surface area contributed by atoms with Gasteiger partial charge in [-0.1, -0.05) is 42.5 Å². The number of hydrogen-bond donors (Lipinski definition) is 1. The smallest absolute Gasteiger partial charge is 0.251 e. The maximum atomic E-state index is 13.5. The van der Waals surface area contributed by atoms with Gasteiger partial charge in [-0.15, -0.1) is 0 Å². The van der Waals surface area contributed by atoms with E-state index in [9.17, 15) is 9.18 Å². The summed E-state index contributed by atoms with van der Waals surface area (Å²) >= 11 is 0. The molecule has 3 aromatic carbocycles. The molecule has 0 aliphatic carbocycles. The standard InChI is InChI=1S/C28H31FN2O5/c1-33-25-16-22(17-26(34-2)27(25)36-19-20-6-4-3-5-7-20)28(32)30-18-24(31-12-14-35-15-13-31)21-8-10-23(29)11-9-21/h3-11,16-17,24H,12-15,18-19H2,1-2H3,(H,30,32)/t24-/m0/s1. The first-order valence-corrected chi connectivity index (χ1v) is 11.9. The Balaban J connectivity index is 1.50. The van der Waals surface area contributed by atoms with Gasteiger partial charge in [0.05, 0.1) is 33.5 Å². The van der Waals surface area contributed by atoms with Crippen LogP contribution in [0.15, 0.2) is 66.7 Å². The number of nitrogens with zero attached hydrogens (tertiary/aromatic N) is 1. The highest BCUT2D eigenvalue weighted by molar-refractivity contribution is 5.95. The molecule has 0 spiro atoms. The number of ether oxygens (including phenoxy) is 4. The first kappa shape index (κ1) is 25.5. The number of benzene rings is 3. The molecule has 8 heteroatoms. The second kappa shape index (κ2) is 12.4. The largest absolute Gasteiger partial charge is 0.493 e. The van der Waals surface area contributed by atoms with E-state index in [1.54, 1.807) is 24.3 Å². The van der Waals surface area contributed by atoms with Crippen molar-refractivity contribution in [3.05, 3.63) is 89.2 Å². The predicted octanol–water partition coefficient (Wildman–Crippen LogP) is 4.23. The van der Waals surface area contributed by atoms with Gasteiger partial charge in [0, 0.05) is 25.2 Å². The van der Waals surface area contributed by atoms with Gasteiger partial charge in [-0.25, -0.2) is 4.39 Å². The zero-order valence-corrected chi connectivity index (χ0v) is 20.5. The Morgan fingerprint density at radius 3 is 2.25 bits per heavy atom. The molecule has 0 unspecified atom stereocenters. The van der Waals surface area contributed by atoms with E-state index in [1.807, 2.05) is 30.3 Å². The molecule has 190 valence electrons. The van der Waals surface area contributed by atoms with Gasteiger partial charge in [0.2, 0.25) is 5.75 Å². The lowest BCUT2D eigenvalue weighted by Crippen LogP contribution is -2.43. The topological polar surface area (TPSA) is 69.3 Å². The highest BCUT2D eigenvalue weighted by Gasteiger charge is 2.24. The van der Waals surface area contributed by atoms with Crippen LogP contribution in [0.4, 0.5) is 4.39 Å². The quantitative estimate of drug-likeness (QED) is 0.455. The summed E-state index contributed by atoms with van der Waals surface area (Å²) in [6.07, 6.45) is 0. The zero-order valence-electron chi connectivity index (χ0n) is 20.5. The first-order chi connectivity index (χ1) is 17.6. The second-order valence-corrected chi connectivity index (χ2v) is 8.41. The molecule has 36 heavy (non-hydrogen) atoms. The molecule has 0 saturated carbocycles. The van der Waals surface area contributed by atoms with Crippen LogP contribution in [0.1, 0.15) is 27.5 Å². The van der Waals surface area contributed by atoms with Crippen molar-refractivity contribution in [2.45, 2.75) is 12.6 Å². The molecular weight excluding hydrogens is 463 g/mol. The predicted molar refractivity (Wildman–Crippen MR) is 134 cm³/mol. The summed E-state index contributed by atoms with van der Waals surface area (Å²) in [5.41, 5.74) is 2.31. The number of methoxy groups -OCH3 is 2. The summed E-state index contributed by atoms with van der Waals surface area (Å²) in [5, 5.41) is 3.02. The van der Waals surface area contributed by atoms with E-state index >= 15 is 0 Å². The first-order valence-electron chi connectivity index (χ1n) is 11.9. The number of rotatable bonds is 10. The van der Waals surface area contributed by atoms with E-state index in [1.165, 1.54) is 26.4 Å². The SMILES string of the molecule is COc1cc(C(=O)NC[C@@H](c2ccc(F)cc2)N2CCOCC2)cc(OC)c1OCc1ccccc1. The molecule has 1 atom stereocenters. The minimum atomic E-state index is -0.294. The molecular formula is C28H31FN2O5. The third-order valence-electron chi connectivity index (χ3n) is 6.15. The number of carbonyl (C=O) groups excluding carboxylic acids is 1. The third-order valence-corrected chi connectivity index (χ3v) is 6.15. The molecule has 1 heterocycles. The van der Waals surface area contributed by atoms with Gasteiger partial charge in [-0.2, -0.15) is 0 Å². The zero-order chi connectivity index (χ0) is 25.3. The summed E-state index contributed by atoms with van der Waals surface area (Å²) < 4.78 is 36.0. The molecule has 0 radical (unpaired) electrons. The molecule has 4 rings (SSSR count). The van der Waals surface area contributed by atoms with E-state index in [4.69, 9.17) is 18.9 Å². The Kier molecular flexibility index (Phi) is 8.76. The highest BCUT2D eigenvalue weighted by atomic mass is 19.1. The van der Waals surface area contributed by atoms with E-state index in [-0.39, 0.29) is 17.8 Å². The lowest BCUT2D eigenvalue weighted by molar-refractivity contribution is 0.0162. The van der Waals surface area contributed by atoms with Crippen LogP contribution in [0.5, 0.6) is 17.2 Å². The van der Waals surface area contributed by atoms with Gasteiger partial charge >= 0.3 is 0 Å². The van der Waals surface area contributed by atoms with Gasteiger partial charge in [-0.05, 0) is 35.4 Å². The van der Waals surface area contributed by atoms with Crippen LogP contribution in [0, 0.1) is 5.82 Å². The Morgan fingerprint density at radius 1 is 1.00 bits per heavy atom. The maximum absolute atomic E-state index is 13.5. The molecule has 1 amide bonds. The monoisotopic (exact) mass is 494 g/mol. The summed E-state index contributed by atoms with van der Waals surface area (Å²) in [7, 11) is 3.05. The van der Waals surface area contributed by atoms with E-state index in [0.29, 0.717) is 49.2 Å². The minimum Gasteiger partial charge on any atom is -0.493 e. The Bertz CT molecular complexity index is 1110. The fourth-order valence-electron chi connectivity index (χ4n) is 4.21. The van der Waals surface area contributed by atoms with Crippen LogP contribution in [-0.2, 0) is 11.3 Å². The van der Waals surface area contributed by atoms with E-state index in [0.717, 1.165) is 24.2 Å². The Hall–Kier alpha value is -3.62. The van der Waals surface area contributed by atoms with Crippen molar-refractivity contribution in [2.75, 3.05) is 47.1 Å². The highest BCUT2D eigenvalue weighted by Crippen LogP contribution is 2.39. The van der Waals surface area contributed by atoms with Crippen LogP contribution in [-0.4, -0.2) is 57.9 Å². The summed E-state index contributed by atoms with van der Waals surface area (Å²) in [6, 6.07) is 19.3. The number of carbonyl (C=O) groups is 1. The van der Waals surface area contributed by atoms with Crippen molar-refractivity contribution in [3.63, 3.8) is 0 Å². The lowest BCUT2D eigenvalue weighted by Gasteiger charge is -2.35.